The van der Waals surface area contributed by atoms with E-state index in [1.807, 2.05) is 66.7 Å². The molecule has 0 aliphatic heterocycles. The minimum Gasteiger partial charge on any atom is -0.481 e. The van der Waals surface area contributed by atoms with Crippen LogP contribution in [0.25, 0.3) is 0 Å². The van der Waals surface area contributed by atoms with Crippen molar-refractivity contribution in [3.63, 3.8) is 0 Å². The van der Waals surface area contributed by atoms with E-state index in [1.165, 1.54) is 19.3 Å². The Labute approximate surface area is 232 Å². The maximum absolute atomic E-state index is 12.3. The monoisotopic (exact) mass is 531 g/mol. The Morgan fingerprint density at radius 2 is 1.62 bits per heavy atom. The number of ether oxygens (including phenoxy) is 1. The summed E-state index contributed by atoms with van der Waals surface area (Å²) in [6, 6.07) is 25.3. The molecule has 0 radical (unpaired) electrons. The van der Waals surface area contributed by atoms with Gasteiger partial charge in [0.2, 0.25) is 0 Å². The van der Waals surface area contributed by atoms with Crippen LogP contribution in [0.2, 0.25) is 0 Å². The average Bonchev–Trinajstić information content (AvgIpc) is 2.95. The van der Waals surface area contributed by atoms with Gasteiger partial charge in [0.25, 0.3) is 5.91 Å². The molecule has 3 aromatic carbocycles. The summed E-state index contributed by atoms with van der Waals surface area (Å²) < 4.78 is 5.91. The molecule has 208 valence electrons. The number of carbonyl (C=O) groups is 2. The van der Waals surface area contributed by atoms with Crippen LogP contribution in [-0.2, 0) is 11.3 Å². The minimum atomic E-state index is -0.930. The Kier molecular flexibility index (Phi) is 12.3. The Hall–Kier alpha value is -3.84. The van der Waals surface area contributed by atoms with Crippen LogP contribution >= 0.6 is 0 Å². The molecule has 0 heterocycles. The number of benzene rings is 3. The molecule has 3 N–H and O–H groups in total. The summed E-state index contributed by atoms with van der Waals surface area (Å²) in [4.78, 5) is 25.4. The SMILES string of the molecule is CCCCC(CC)CN(CNc1ccc(Oc2ccccc2)cc1)Cc1ccc(C(=O)NCCC(=O)O)cc1. The van der Waals surface area contributed by atoms with Crippen molar-refractivity contribution in [1.29, 1.82) is 0 Å². The van der Waals surface area contributed by atoms with E-state index in [9.17, 15) is 9.59 Å². The highest BCUT2D eigenvalue weighted by Crippen LogP contribution is 2.23. The first kappa shape index (κ1) is 29.7. The molecule has 0 aromatic heterocycles. The van der Waals surface area contributed by atoms with Gasteiger partial charge in [-0.25, -0.2) is 0 Å². The second kappa shape index (κ2) is 16.2. The molecular weight excluding hydrogens is 490 g/mol. The fourth-order valence-electron chi connectivity index (χ4n) is 4.34. The maximum atomic E-state index is 12.3. The van der Waals surface area contributed by atoms with Gasteiger partial charge in [0.05, 0.1) is 13.1 Å². The standard InChI is InChI=1S/C32H41N3O4/c1-3-5-9-25(4-2)22-35(23-26-12-14-27(15-13-26)32(38)33-21-20-31(36)37)24-34-28-16-18-30(19-17-28)39-29-10-7-6-8-11-29/h6-8,10-19,25,34H,3-5,9,20-24H2,1-2H3,(H,33,38)(H,36,37). The van der Waals surface area contributed by atoms with E-state index in [2.05, 4.69) is 29.4 Å². The lowest BCUT2D eigenvalue weighted by Crippen LogP contribution is -2.33. The van der Waals surface area contributed by atoms with Crippen LogP contribution in [0.15, 0.2) is 78.9 Å². The van der Waals surface area contributed by atoms with Crippen LogP contribution in [-0.4, -0.2) is 41.6 Å². The average molecular weight is 532 g/mol. The third-order valence-electron chi connectivity index (χ3n) is 6.65. The summed E-state index contributed by atoms with van der Waals surface area (Å²) in [7, 11) is 0. The number of rotatable bonds is 17. The highest BCUT2D eigenvalue weighted by atomic mass is 16.5. The van der Waals surface area contributed by atoms with E-state index in [1.54, 1.807) is 12.1 Å². The topological polar surface area (TPSA) is 90.9 Å². The quantitative estimate of drug-likeness (QED) is 0.167. The number of nitrogens with zero attached hydrogens (tertiary/aromatic N) is 1. The van der Waals surface area contributed by atoms with E-state index >= 15 is 0 Å². The van der Waals surface area contributed by atoms with Gasteiger partial charge in [0.1, 0.15) is 11.5 Å². The Balaban J connectivity index is 1.61. The molecule has 1 unspecified atom stereocenters. The molecule has 0 spiro atoms. The van der Waals surface area contributed by atoms with Crippen LogP contribution in [0.5, 0.6) is 11.5 Å². The van der Waals surface area contributed by atoms with E-state index in [0.29, 0.717) is 18.2 Å². The molecule has 0 saturated carbocycles. The number of hydrogen-bond acceptors (Lipinski definition) is 5. The molecule has 1 atom stereocenters. The molecule has 3 rings (SSSR count). The second-order valence-corrected chi connectivity index (χ2v) is 9.80. The number of hydrogen-bond donors (Lipinski definition) is 3. The molecule has 0 saturated heterocycles. The van der Waals surface area contributed by atoms with Gasteiger partial charge in [0, 0.05) is 30.9 Å². The minimum absolute atomic E-state index is 0.0921. The summed E-state index contributed by atoms with van der Waals surface area (Å²) in [6.45, 7) is 7.04. The Morgan fingerprint density at radius 1 is 0.923 bits per heavy atom. The summed E-state index contributed by atoms with van der Waals surface area (Å²) in [6.07, 6.45) is 4.68. The third kappa shape index (κ3) is 10.8. The molecule has 7 heteroatoms. The summed E-state index contributed by atoms with van der Waals surface area (Å²) in [5.74, 6) is 1.03. The highest BCUT2D eigenvalue weighted by Gasteiger charge is 2.14. The number of carboxylic acid groups (broad SMARTS) is 1. The number of amides is 1. The van der Waals surface area contributed by atoms with Crippen molar-refractivity contribution in [2.24, 2.45) is 5.92 Å². The van der Waals surface area contributed by atoms with Gasteiger partial charge in [-0.05, 0) is 66.4 Å². The summed E-state index contributed by atoms with van der Waals surface area (Å²) >= 11 is 0. The largest absolute Gasteiger partial charge is 0.481 e. The van der Waals surface area contributed by atoms with Crippen molar-refractivity contribution >= 4 is 17.6 Å². The van der Waals surface area contributed by atoms with Crippen LogP contribution in [0.3, 0.4) is 0 Å². The number of carboxylic acids is 1. The number of carbonyl (C=O) groups excluding carboxylic acids is 1. The number of para-hydroxylation sites is 1. The smallest absolute Gasteiger partial charge is 0.305 e. The van der Waals surface area contributed by atoms with Gasteiger partial charge in [-0.15, -0.1) is 0 Å². The molecule has 0 aliphatic carbocycles. The fraction of sp³-hybridized carbons (Fsp3) is 0.375. The first-order chi connectivity index (χ1) is 19.0. The van der Waals surface area contributed by atoms with Gasteiger partial charge in [-0.1, -0.05) is 63.4 Å². The van der Waals surface area contributed by atoms with E-state index in [-0.39, 0.29) is 18.9 Å². The molecule has 0 bridgehead atoms. The van der Waals surface area contributed by atoms with Crippen molar-refractivity contribution < 1.29 is 19.4 Å². The van der Waals surface area contributed by atoms with Crippen LogP contribution < -0.4 is 15.4 Å². The fourth-order valence-corrected chi connectivity index (χ4v) is 4.34. The Bertz CT molecular complexity index is 1130. The lowest BCUT2D eigenvalue weighted by molar-refractivity contribution is -0.136. The van der Waals surface area contributed by atoms with Crippen molar-refractivity contribution in [1.82, 2.24) is 10.2 Å². The van der Waals surface area contributed by atoms with Gasteiger partial charge in [0.15, 0.2) is 0 Å². The number of aliphatic carboxylic acids is 1. The first-order valence-electron chi connectivity index (χ1n) is 13.8. The molecular formula is C32H41N3O4. The molecule has 3 aromatic rings. The van der Waals surface area contributed by atoms with Crippen LogP contribution in [0.1, 0.15) is 61.9 Å². The normalized spacial score (nSPS) is 11.7. The van der Waals surface area contributed by atoms with E-state index in [0.717, 1.165) is 42.3 Å². The van der Waals surface area contributed by atoms with Crippen molar-refractivity contribution in [2.45, 2.75) is 52.5 Å². The van der Waals surface area contributed by atoms with Gasteiger partial charge >= 0.3 is 5.97 Å². The van der Waals surface area contributed by atoms with E-state index in [4.69, 9.17) is 9.84 Å². The highest BCUT2D eigenvalue weighted by molar-refractivity contribution is 5.94. The van der Waals surface area contributed by atoms with Crippen molar-refractivity contribution in [3.05, 3.63) is 90.0 Å². The zero-order valence-electron chi connectivity index (χ0n) is 23.1. The first-order valence-corrected chi connectivity index (χ1v) is 13.8. The predicted molar refractivity (Wildman–Crippen MR) is 156 cm³/mol. The molecule has 7 nitrogen and oxygen atoms in total. The third-order valence-corrected chi connectivity index (χ3v) is 6.65. The van der Waals surface area contributed by atoms with Crippen LogP contribution in [0.4, 0.5) is 5.69 Å². The zero-order chi connectivity index (χ0) is 27.9. The lowest BCUT2D eigenvalue weighted by atomic mass is 9.98. The van der Waals surface area contributed by atoms with Gasteiger partial charge in [-0.3, -0.25) is 14.5 Å². The van der Waals surface area contributed by atoms with Crippen molar-refractivity contribution in [3.8, 4) is 11.5 Å². The summed E-state index contributed by atoms with van der Waals surface area (Å²) in [5.41, 5.74) is 2.67. The Morgan fingerprint density at radius 3 is 2.26 bits per heavy atom. The second-order valence-electron chi connectivity index (χ2n) is 9.80. The number of unbranched alkanes of at least 4 members (excludes halogenated alkanes) is 1. The van der Waals surface area contributed by atoms with Crippen molar-refractivity contribution in [2.75, 3.05) is 25.1 Å². The zero-order valence-corrected chi connectivity index (χ0v) is 23.1. The van der Waals surface area contributed by atoms with Gasteiger partial charge < -0.3 is 20.5 Å². The summed E-state index contributed by atoms with van der Waals surface area (Å²) in [5, 5.41) is 15.0. The van der Waals surface area contributed by atoms with E-state index < -0.39 is 5.97 Å². The number of anilines is 1. The predicted octanol–water partition coefficient (Wildman–Crippen LogP) is 6.77. The molecule has 1 amide bonds. The molecule has 0 fully saturated rings. The number of nitrogens with one attached hydrogen (secondary N) is 2. The molecule has 39 heavy (non-hydrogen) atoms. The van der Waals surface area contributed by atoms with Gasteiger partial charge in [-0.2, -0.15) is 0 Å². The molecule has 0 aliphatic rings. The van der Waals surface area contributed by atoms with Crippen LogP contribution in [0, 0.1) is 5.92 Å². The maximum Gasteiger partial charge on any atom is 0.305 e. The lowest BCUT2D eigenvalue weighted by Gasteiger charge is -2.28.